The van der Waals surface area contributed by atoms with Crippen molar-refractivity contribution in [3.8, 4) is 0 Å². The van der Waals surface area contributed by atoms with E-state index in [0.29, 0.717) is 5.28 Å². The summed E-state index contributed by atoms with van der Waals surface area (Å²) in [5.41, 5.74) is 0. The highest BCUT2D eigenvalue weighted by molar-refractivity contribution is 6.28. The molecule has 9 heavy (non-hydrogen) atoms. The van der Waals surface area contributed by atoms with Crippen LogP contribution in [0.3, 0.4) is 0 Å². The van der Waals surface area contributed by atoms with Crippen LogP contribution in [0.15, 0.2) is 6.33 Å². The van der Waals surface area contributed by atoms with Crippen LogP contribution in [-0.4, -0.2) is 14.8 Å². The molecule has 0 atom stereocenters. The lowest BCUT2D eigenvalue weighted by Crippen LogP contribution is -1.93. The van der Waals surface area contributed by atoms with Crippen molar-refractivity contribution in [3.05, 3.63) is 11.6 Å². The Morgan fingerprint density at radius 2 is 2.56 bits per heavy atom. The number of hydrogen-bond donors (Lipinski definition) is 0. The summed E-state index contributed by atoms with van der Waals surface area (Å²) in [6.07, 6.45) is 2.68. The van der Waals surface area contributed by atoms with Gasteiger partial charge in [-0.2, -0.15) is 0 Å². The summed E-state index contributed by atoms with van der Waals surface area (Å²) >= 11 is 5.61. The standard InChI is InChI=1S/C5H8ClN3/c1-2-3-9-4-7-8-5(9)6/h4H,2-3H2,1H3. The summed E-state index contributed by atoms with van der Waals surface area (Å²) < 4.78 is 1.81. The van der Waals surface area contributed by atoms with Crippen molar-refractivity contribution >= 4 is 11.6 Å². The van der Waals surface area contributed by atoms with Crippen molar-refractivity contribution in [2.24, 2.45) is 0 Å². The highest BCUT2D eigenvalue weighted by Crippen LogP contribution is 2.02. The molecular formula is C5H8ClN3. The minimum Gasteiger partial charge on any atom is -0.304 e. The lowest BCUT2D eigenvalue weighted by molar-refractivity contribution is 0.677. The van der Waals surface area contributed by atoms with Gasteiger partial charge in [-0.05, 0) is 18.0 Å². The monoisotopic (exact) mass is 145 g/mol. The first-order valence-corrected chi connectivity index (χ1v) is 3.25. The van der Waals surface area contributed by atoms with E-state index < -0.39 is 0 Å². The first kappa shape index (κ1) is 6.55. The molecule has 0 spiro atoms. The van der Waals surface area contributed by atoms with Crippen LogP contribution < -0.4 is 0 Å². The van der Waals surface area contributed by atoms with E-state index in [2.05, 4.69) is 17.1 Å². The molecule has 0 aliphatic heterocycles. The van der Waals surface area contributed by atoms with Gasteiger partial charge in [0.05, 0.1) is 0 Å². The van der Waals surface area contributed by atoms with Gasteiger partial charge in [-0.3, -0.25) is 0 Å². The van der Waals surface area contributed by atoms with E-state index in [1.54, 1.807) is 6.33 Å². The second kappa shape index (κ2) is 2.82. The number of halogens is 1. The lowest BCUT2D eigenvalue weighted by atomic mass is 10.5. The van der Waals surface area contributed by atoms with Crippen LogP contribution in [0.25, 0.3) is 0 Å². The maximum Gasteiger partial charge on any atom is 0.224 e. The van der Waals surface area contributed by atoms with Crippen molar-refractivity contribution in [2.75, 3.05) is 0 Å². The molecular weight excluding hydrogens is 138 g/mol. The fourth-order valence-corrected chi connectivity index (χ4v) is 0.804. The minimum atomic E-state index is 0.469. The van der Waals surface area contributed by atoms with Gasteiger partial charge in [0.2, 0.25) is 5.28 Å². The Kier molecular flexibility index (Phi) is 2.05. The van der Waals surface area contributed by atoms with E-state index in [1.165, 1.54) is 0 Å². The van der Waals surface area contributed by atoms with Crippen molar-refractivity contribution in [1.29, 1.82) is 0 Å². The molecule has 4 heteroatoms. The Morgan fingerprint density at radius 1 is 1.78 bits per heavy atom. The maximum absolute atomic E-state index is 5.61. The largest absolute Gasteiger partial charge is 0.304 e. The van der Waals surface area contributed by atoms with Gasteiger partial charge in [-0.25, -0.2) is 0 Å². The average Bonchev–Trinajstić information content (AvgIpc) is 2.18. The molecule has 0 unspecified atom stereocenters. The number of rotatable bonds is 2. The number of aromatic nitrogens is 3. The summed E-state index contributed by atoms with van der Waals surface area (Å²) in [5.74, 6) is 0. The van der Waals surface area contributed by atoms with Crippen LogP contribution in [0, 0.1) is 0 Å². The Bertz CT molecular complexity index is 184. The Labute approximate surface area is 58.7 Å². The minimum absolute atomic E-state index is 0.469. The molecule has 1 aromatic heterocycles. The van der Waals surface area contributed by atoms with Crippen LogP contribution in [0.2, 0.25) is 5.28 Å². The molecule has 0 radical (unpaired) electrons. The smallest absolute Gasteiger partial charge is 0.224 e. The van der Waals surface area contributed by atoms with Crippen LogP contribution in [-0.2, 0) is 6.54 Å². The zero-order valence-corrected chi connectivity index (χ0v) is 5.97. The van der Waals surface area contributed by atoms with Crippen molar-refractivity contribution < 1.29 is 0 Å². The first-order valence-electron chi connectivity index (χ1n) is 2.88. The topological polar surface area (TPSA) is 30.7 Å². The summed E-state index contributed by atoms with van der Waals surface area (Å²) in [7, 11) is 0. The summed E-state index contributed by atoms with van der Waals surface area (Å²) in [5, 5.41) is 7.70. The molecule has 0 saturated heterocycles. The quantitative estimate of drug-likeness (QED) is 0.629. The van der Waals surface area contributed by atoms with Crippen LogP contribution >= 0.6 is 11.6 Å². The van der Waals surface area contributed by atoms with Gasteiger partial charge in [0.15, 0.2) is 0 Å². The third-order valence-corrected chi connectivity index (χ3v) is 1.33. The number of hydrogen-bond acceptors (Lipinski definition) is 2. The second-order valence-electron chi connectivity index (χ2n) is 1.79. The van der Waals surface area contributed by atoms with Gasteiger partial charge in [0.1, 0.15) is 6.33 Å². The molecule has 1 rings (SSSR count). The van der Waals surface area contributed by atoms with Gasteiger partial charge in [-0.1, -0.05) is 6.92 Å². The normalized spacial score (nSPS) is 10.0. The van der Waals surface area contributed by atoms with E-state index in [1.807, 2.05) is 4.57 Å². The summed E-state index contributed by atoms with van der Waals surface area (Å²) in [6.45, 7) is 2.97. The lowest BCUT2D eigenvalue weighted by Gasteiger charge is -1.95. The molecule has 3 nitrogen and oxygen atoms in total. The predicted octanol–water partition coefficient (Wildman–Crippen LogP) is 1.34. The SMILES string of the molecule is CCCn1cnnc1Cl. The van der Waals surface area contributed by atoms with Gasteiger partial charge in [0, 0.05) is 6.54 Å². The molecule has 1 heterocycles. The van der Waals surface area contributed by atoms with E-state index in [9.17, 15) is 0 Å². The molecule has 0 fully saturated rings. The van der Waals surface area contributed by atoms with E-state index in [0.717, 1.165) is 13.0 Å². The third-order valence-electron chi connectivity index (χ3n) is 1.03. The molecule has 0 saturated carbocycles. The molecule has 1 aromatic rings. The fourth-order valence-electron chi connectivity index (χ4n) is 0.632. The van der Waals surface area contributed by atoms with E-state index in [4.69, 9.17) is 11.6 Å². The van der Waals surface area contributed by atoms with Crippen molar-refractivity contribution in [2.45, 2.75) is 19.9 Å². The van der Waals surface area contributed by atoms with Crippen LogP contribution in [0.5, 0.6) is 0 Å². The zero-order chi connectivity index (χ0) is 6.69. The zero-order valence-electron chi connectivity index (χ0n) is 5.21. The third kappa shape index (κ3) is 1.42. The highest BCUT2D eigenvalue weighted by Gasteiger charge is 1.95. The summed E-state index contributed by atoms with van der Waals surface area (Å²) in [4.78, 5) is 0. The molecule has 0 N–H and O–H groups in total. The Morgan fingerprint density at radius 3 is 3.00 bits per heavy atom. The fraction of sp³-hybridized carbons (Fsp3) is 0.600. The molecule has 0 aromatic carbocycles. The highest BCUT2D eigenvalue weighted by atomic mass is 35.5. The Hall–Kier alpha value is -0.570. The van der Waals surface area contributed by atoms with Crippen molar-refractivity contribution in [1.82, 2.24) is 14.8 Å². The molecule has 0 bridgehead atoms. The van der Waals surface area contributed by atoms with Gasteiger partial charge < -0.3 is 4.57 Å². The van der Waals surface area contributed by atoms with Gasteiger partial charge in [-0.15, -0.1) is 10.2 Å². The van der Waals surface area contributed by atoms with E-state index in [-0.39, 0.29) is 0 Å². The summed E-state index contributed by atoms with van der Waals surface area (Å²) in [6, 6.07) is 0. The maximum atomic E-state index is 5.61. The van der Waals surface area contributed by atoms with Crippen LogP contribution in [0.1, 0.15) is 13.3 Å². The first-order chi connectivity index (χ1) is 4.34. The van der Waals surface area contributed by atoms with Crippen LogP contribution in [0.4, 0.5) is 0 Å². The second-order valence-corrected chi connectivity index (χ2v) is 2.13. The van der Waals surface area contributed by atoms with Gasteiger partial charge >= 0.3 is 0 Å². The molecule has 50 valence electrons. The number of aryl methyl sites for hydroxylation is 1. The average molecular weight is 146 g/mol. The number of nitrogens with zero attached hydrogens (tertiary/aromatic N) is 3. The van der Waals surface area contributed by atoms with Crippen molar-refractivity contribution in [3.63, 3.8) is 0 Å². The molecule has 0 aliphatic carbocycles. The van der Waals surface area contributed by atoms with E-state index >= 15 is 0 Å². The molecule has 0 aliphatic rings. The predicted molar refractivity (Wildman–Crippen MR) is 35.3 cm³/mol. The van der Waals surface area contributed by atoms with Gasteiger partial charge in [0.25, 0.3) is 0 Å². The Balaban J connectivity index is 2.69. The molecule has 0 amide bonds.